The lowest BCUT2D eigenvalue weighted by Gasteiger charge is -2.09. The molecule has 0 aliphatic heterocycles. The molecule has 7 heteroatoms. The zero-order valence-electron chi connectivity index (χ0n) is 15.6. The van der Waals surface area contributed by atoms with Crippen molar-refractivity contribution in [2.75, 3.05) is 0 Å². The molecule has 1 aromatic heterocycles. The molecule has 0 bridgehead atoms. The van der Waals surface area contributed by atoms with Crippen LogP contribution < -0.4 is 10.2 Å². The van der Waals surface area contributed by atoms with Gasteiger partial charge in [0.1, 0.15) is 17.9 Å². The smallest absolute Gasteiger partial charge is 0.307 e. The van der Waals surface area contributed by atoms with E-state index < -0.39 is 5.91 Å². The van der Waals surface area contributed by atoms with Crippen molar-refractivity contribution in [1.29, 1.82) is 0 Å². The van der Waals surface area contributed by atoms with Gasteiger partial charge in [-0.3, -0.25) is 4.79 Å². The third kappa shape index (κ3) is 5.20. The van der Waals surface area contributed by atoms with E-state index in [9.17, 15) is 4.79 Å². The highest BCUT2D eigenvalue weighted by atomic mass is 127. The molecule has 5 nitrogen and oxygen atoms in total. The summed E-state index contributed by atoms with van der Waals surface area (Å²) in [6.07, 6.45) is 1.59. The van der Waals surface area contributed by atoms with Crippen LogP contribution in [0.3, 0.4) is 0 Å². The van der Waals surface area contributed by atoms with Gasteiger partial charge in [0, 0.05) is 8.96 Å². The van der Waals surface area contributed by atoms with E-state index in [0.717, 1.165) is 25.8 Å². The molecule has 0 spiro atoms. The Morgan fingerprint density at radius 1 is 1.03 bits per heavy atom. The van der Waals surface area contributed by atoms with Gasteiger partial charge in [0.05, 0.1) is 9.78 Å². The fraction of sp³-hybridized carbons (Fsp3) is 0.0435. The molecule has 0 atom stereocenters. The summed E-state index contributed by atoms with van der Waals surface area (Å²) < 4.78 is 13.6. The molecule has 1 N–H and O–H groups in total. The highest BCUT2D eigenvalue weighted by Crippen LogP contribution is 2.23. The predicted octanol–water partition coefficient (Wildman–Crippen LogP) is 5.98. The second-order valence-electron chi connectivity index (χ2n) is 6.45. The van der Waals surface area contributed by atoms with E-state index in [1.165, 1.54) is 3.57 Å². The Balaban J connectivity index is 1.36. The van der Waals surface area contributed by atoms with Crippen molar-refractivity contribution in [3.63, 3.8) is 0 Å². The minimum absolute atomic E-state index is 0.224. The van der Waals surface area contributed by atoms with Gasteiger partial charge in [-0.1, -0.05) is 30.3 Å². The Kier molecular flexibility index (Phi) is 6.68. The number of nitrogens with one attached hydrogen (secondary N) is 1. The normalized spacial score (nSPS) is 11.1. The SMILES string of the molecule is O=C(N/N=C/c1ccc(OCc2ccc(I)cc2)c(I)c1)c1cc2ccccc2o1. The largest absolute Gasteiger partial charge is 0.488 e. The summed E-state index contributed by atoms with van der Waals surface area (Å²) in [5, 5.41) is 4.91. The number of rotatable bonds is 6. The molecular formula is C23H16I2N2O3. The van der Waals surface area contributed by atoms with E-state index in [1.54, 1.807) is 12.3 Å². The molecule has 4 rings (SSSR count). The van der Waals surface area contributed by atoms with Gasteiger partial charge in [0.15, 0.2) is 5.76 Å². The number of hydrogen-bond acceptors (Lipinski definition) is 4. The third-order valence-electron chi connectivity index (χ3n) is 4.29. The van der Waals surface area contributed by atoms with Crippen LogP contribution in [0.15, 0.2) is 82.3 Å². The van der Waals surface area contributed by atoms with E-state index in [0.29, 0.717) is 12.2 Å². The molecule has 0 saturated carbocycles. The van der Waals surface area contributed by atoms with Crippen molar-refractivity contribution >= 4 is 68.3 Å². The molecule has 0 saturated heterocycles. The second kappa shape index (κ2) is 9.61. The van der Waals surface area contributed by atoms with E-state index in [1.807, 2.05) is 42.5 Å². The summed E-state index contributed by atoms with van der Waals surface area (Å²) in [5.41, 5.74) is 5.13. The highest BCUT2D eigenvalue weighted by Gasteiger charge is 2.11. The average Bonchev–Trinajstić information content (AvgIpc) is 3.19. The average molecular weight is 622 g/mol. The number of benzene rings is 3. The maximum absolute atomic E-state index is 12.2. The topological polar surface area (TPSA) is 63.8 Å². The first-order valence-electron chi connectivity index (χ1n) is 9.07. The van der Waals surface area contributed by atoms with E-state index in [-0.39, 0.29) is 5.76 Å². The summed E-state index contributed by atoms with van der Waals surface area (Å²) in [6, 6.07) is 23.1. The van der Waals surface area contributed by atoms with Gasteiger partial charge in [-0.15, -0.1) is 0 Å². The van der Waals surface area contributed by atoms with Crippen LogP contribution in [0.25, 0.3) is 11.0 Å². The lowest BCUT2D eigenvalue weighted by molar-refractivity contribution is 0.0929. The molecule has 0 aliphatic rings. The van der Waals surface area contributed by atoms with Crippen LogP contribution in [0.4, 0.5) is 0 Å². The summed E-state index contributed by atoms with van der Waals surface area (Å²) in [7, 11) is 0. The van der Waals surface area contributed by atoms with Gasteiger partial charge in [-0.05, 0) is 98.8 Å². The van der Waals surface area contributed by atoms with Gasteiger partial charge >= 0.3 is 5.91 Å². The number of halogens is 2. The molecule has 150 valence electrons. The Morgan fingerprint density at radius 3 is 2.60 bits per heavy atom. The lowest BCUT2D eigenvalue weighted by atomic mass is 10.2. The van der Waals surface area contributed by atoms with Crippen LogP contribution in [0, 0.1) is 7.14 Å². The maximum atomic E-state index is 12.2. The molecule has 0 aliphatic carbocycles. The number of para-hydroxylation sites is 1. The Bertz CT molecular complexity index is 1180. The summed E-state index contributed by atoms with van der Waals surface area (Å²) >= 11 is 4.51. The van der Waals surface area contributed by atoms with Gasteiger partial charge in [-0.25, -0.2) is 5.43 Å². The number of amides is 1. The summed E-state index contributed by atoms with van der Waals surface area (Å²) in [6.45, 7) is 0.508. The molecule has 0 fully saturated rings. The van der Waals surface area contributed by atoms with Gasteiger partial charge < -0.3 is 9.15 Å². The Labute approximate surface area is 200 Å². The summed E-state index contributed by atoms with van der Waals surface area (Å²) in [4.78, 5) is 12.2. The highest BCUT2D eigenvalue weighted by molar-refractivity contribution is 14.1. The Morgan fingerprint density at radius 2 is 1.83 bits per heavy atom. The van der Waals surface area contributed by atoms with Crippen LogP contribution in [-0.4, -0.2) is 12.1 Å². The van der Waals surface area contributed by atoms with Crippen LogP contribution in [-0.2, 0) is 6.61 Å². The van der Waals surface area contributed by atoms with Crippen molar-refractivity contribution in [2.45, 2.75) is 6.61 Å². The lowest BCUT2D eigenvalue weighted by Crippen LogP contribution is -2.16. The predicted molar refractivity (Wildman–Crippen MR) is 134 cm³/mol. The Hall–Kier alpha value is -2.40. The fourth-order valence-corrected chi connectivity index (χ4v) is 3.83. The van der Waals surface area contributed by atoms with E-state index >= 15 is 0 Å². The number of nitrogens with zero attached hydrogens (tertiary/aromatic N) is 1. The zero-order valence-corrected chi connectivity index (χ0v) is 20.0. The van der Waals surface area contributed by atoms with Gasteiger partial charge in [0.2, 0.25) is 0 Å². The van der Waals surface area contributed by atoms with Crippen LogP contribution >= 0.6 is 45.2 Å². The molecule has 30 heavy (non-hydrogen) atoms. The first-order valence-corrected chi connectivity index (χ1v) is 11.2. The van der Waals surface area contributed by atoms with Crippen molar-refractivity contribution in [3.05, 3.63) is 96.8 Å². The van der Waals surface area contributed by atoms with E-state index in [2.05, 4.69) is 80.0 Å². The molecule has 1 heterocycles. The first kappa shape index (κ1) is 20.9. The zero-order chi connectivity index (χ0) is 20.9. The second-order valence-corrected chi connectivity index (χ2v) is 8.86. The van der Waals surface area contributed by atoms with Crippen molar-refractivity contribution < 1.29 is 13.9 Å². The molecular weight excluding hydrogens is 606 g/mol. The fourth-order valence-electron chi connectivity index (χ4n) is 2.77. The monoisotopic (exact) mass is 622 g/mol. The van der Waals surface area contributed by atoms with Crippen LogP contribution in [0.1, 0.15) is 21.7 Å². The number of fused-ring (bicyclic) bond motifs is 1. The van der Waals surface area contributed by atoms with Crippen LogP contribution in [0.5, 0.6) is 5.75 Å². The quantitative estimate of drug-likeness (QED) is 0.164. The maximum Gasteiger partial charge on any atom is 0.307 e. The number of hydrazone groups is 1. The summed E-state index contributed by atoms with van der Waals surface area (Å²) in [5.74, 6) is 0.634. The van der Waals surface area contributed by atoms with Crippen molar-refractivity contribution in [2.24, 2.45) is 5.10 Å². The van der Waals surface area contributed by atoms with Gasteiger partial charge in [-0.2, -0.15) is 5.10 Å². The van der Waals surface area contributed by atoms with E-state index in [4.69, 9.17) is 9.15 Å². The van der Waals surface area contributed by atoms with Crippen molar-refractivity contribution in [1.82, 2.24) is 5.43 Å². The number of hydrogen-bond donors (Lipinski definition) is 1. The molecule has 0 unspecified atom stereocenters. The number of ether oxygens (including phenoxy) is 1. The van der Waals surface area contributed by atoms with Gasteiger partial charge in [0.25, 0.3) is 0 Å². The minimum Gasteiger partial charge on any atom is -0.488 e. The van der Waals surface area contributed by atoms with Crippen molar-refractivity contribution in [3.8, 4) is 5.75 Å². The molecule has 0 radical (unpaired) electrons. The standard InChI is InChI=1S/C23H16I2N2O3/c24-18-8-5-15(6-9-18)14-29-21-10-7-16(11-19(21)25)13-26-27-23(28)22-12-17-3-1-2-4-20(17)30-22/h1-13H,14H2,(H,27,28)/b26-13+. The number of carbonyl (C=O) groups is 1. The number of furan rings is 1. The molecule has 1 amide bonds. The third-order valence-corrected chi connectivity index (χ3v) is 5.85. The van der Waals surface area contributed by atoms with Crippen LogP contribution in [0.2, 0.25) is 0 Å². The molecule has 3 aromatic carbocycles. The minimum atomic E-state index is -0.394. The first-order chi connectivity index (χ1) is 14.6. The molecule has 4 aromatic rings. The number of carbonyl (C=O) groups excluding carboxylic acids is 1.